The van der Waals surface area contributed by atoms with Crippen LogP contribution >= 0.6 is 0 Å². The number of halogens is 1. The van der Waals surface area contributed by atoms with Gasteiger partial charge in [0.1, 0.15) is 16.8 Å². The normalized spacial score (nSPS) is 12.0. The first-order valence-corrected chi connectivity index (χ1v) is 7.61. The van der Waals surface area contributed by atoms with E-state index in [1.807, 2.05) is 13.0 Å². The van der Waals surface area contributed by atoms with Crippen molar-refractivity contribution in [2.45, 2.75) is 11.8 Å². The Labute approximate surface area is 122 Å². The fourth-order valence-corrected chi connectivity index (χ4v) is 2.98. The highest BCUT2D eigenvalue weighted by atomic mass is 32.2. The molecule has 0 spiro atoms. The van der Waals surface area contributed by atoms with Crippen molar-refractivity contribution in [3.05, 3.63) is 70.4 Å². The summed E-state index contributed by atoms with van der Waals surface area (Å²) >= 11 is 0. The largest absolute Gasteiger partial charge is 0.218 e. The highest BCUT2D eigenvalue weighted by molar-refractivity contribution is 7.95. The summed E-state index contributed by atoms with van der Waals surface area (Å²) < 4.78 is 37.6. The van der Waals surface area contributed by atoms with Gasteiger partial charge >= 0.3 is 0 Å². The lowest BCUT2D eigenvalue weighted by Crippen LogP contribution is -2.03. The molecule has 0 amide bonds. The maximum absolute atomic E-state index is 12.9. The van der Waals surface area contributed by atoms with Gasteiger partial charge in [-0.2, -0.15) is 5.26 Å². The molecule has 21 heavy (non-hydrogen) atoms. The van der Waals surface area contributed by atoms with E-state index in [0.717, 1.165) is 29.8 Å². The number of hydrogen-bond acceptors (Lipinski definition) is 3. The minimum atomic E-state index is -3.95. The van der Waals surface area contributed by atoms with Gasteiger partial charge in [-0.3, -0.25) is 0 Å². The summed E-state index contributed by atoms with van der Waals surface area (Å²) in [6.07, 6.45) is 1.31. The van der Waals surface area contributed by atoms with E-state index >= 15 is 0 Å². The van der Waals surface area contributed by atoms with Gasteiger partial charge in [0.15, 0.2) is 0 Å². The molecule has 2 aromatic rings. The van der Waals surface area contributed by atoms with Crippen LogP contribution in [0.2, 0.25) is 0 Å². The average molecular weight is 301 g/mol. The molecule has 0 aromatic heterocycles. The Morgan fingerprint density at radius 1 is 1.19 bits per heavy atom. The molecule has 0 unspecified atom stereocenters. The van der Waals surface area contributed by atoms with E-state index in [1.54, 1.807) is 24.3 Å². The number of hydrogen-bond donors (Lipinski definition) is 0. The van der Waals surface area contributed by atoms with E-state index in [9.17, 15) is 12.8 Å². The monoisotopic (exact) mass is 301 g/mol. The first-order chi connectivity index (χ1) is 9.93. The highest BCUT2D eigenvalue weighted by Gasteiger charge is 2.20. The van der Waals surface area contributed by atoms with Crippen LogP contribution in [-0.2, 0) is 9.84 Å². The number of sulfone groups is 1. The summed E-state index contributed by atoms with van der Waals surface area (Å²) in [5.74, 6) is -0.532. The quantitative estimate of drug-likeness (QED) is 0.644. The van der Waals surface area contributed by atoms with Gasteiger partial charge in [0.2, 0.25) is 9.84 Å². The van der Waals surface area contributed by atoms with E-state index in [-0.39, 0.29) is 9.80 Å². The number of nitrogens with zero attached hydrogens (tertiary/aromatic N) is 1. The van der Waals surface area contributed by atoms with Crippen LogP contribution < -0.4 is 0 Å². The molecular weight excluding hydrogens is 289 g/mol. The van der Waals surface area contributed by atoms with Gasteiger partial charge < -0.3 is 0 Å². The number of aryl methyl sites for hydroxylation is 1. The molecule has 0 aliphatic rings. The molecule has 0 fully saturated rings. The zero-order chi connectivity index (χ0) is 15.5. The minimum Gasteiger partial charge on any atom is -0.218 e. The van der Waals surface area contributed by atoms with Crippen LogP contribution in [0.4, 0.5) is 4.39 Å². The van der Waals surface area contributed by atoms with Gasteiger partial charge in [0, 0.05) is 0 Å². The molecule has 2 rings (SSSR count). The summed E-state index contributed by atoms with van der Waals surface area (Å²) in [6, 6.07) is 13.2. The summed E-state index contributed by atoms with van der Waals surface area (Å²) in [6.45, 7) is 1.87. The summed E-state index contributed by atoms with van der Waals surface area (Å²) in [4.78, 5) is -0.482. The van der Waals surface area contributed by atoms with Crippen LogP contribution in [0.3, 0.4) is 0 Å². The second-order valence-electron chi connectivity index (χ2n) is 4.49. The van der Waals surface area contributed by atoms with Crippen molar-refractivity contribution in [1.29, 1.82) is 5.26 Å². The molecule has 0 heterocycles. The van der Waals surface area contributed by atoms with Crippen LogP contribution in [0.1, 0.15) is 11.1 Å². The lowest BCUT2D eigenvalue weighted by Gasteiger charge is -2.03. The molecule has 106 valence electrons. The van der Waals surface area contributed by atoms with E-state index in [0.29, 0.717) is 5.56 Å². The zero-order valence-corrected chi connectivity index (χ0v) is 12.1. The summed E-state index contributed by atoms with van der Waals surface area (Å²) in [5, 5.41) is 9.14. The first kappa shape index (κ1) is 14.9. The standard InChI is InChI=1S/C16H12FNO2S/c1-12-3-2-4-13(9-12)10-16(11-18)21(19,20)15-7-5-14(17)6-8-15/h2-10H,1H3. The van der Waals surface area contributed by atoms with Gasteiger partial charge in [0.05, 0.1) is 4.90 Å². The summed E-state index contributed by atoms with van der Waals surface area (Å²) in [7, 11) is -3.95. The van der Waals surface area contributed by atoms with E-state index in [2.05, 4.69) is 0 Å². The highest BCUT2D eigenvalue weighted by Crippen LogP contribution is 2.21. The van der Waals surface area contributed by atoms with Crippen LogP contribution in [0, 0.1) is 24.1 Å². The number of rotatable bonds is 3. The van der Waals surface area contributed by atoms with E-state index < -0.39 is 15.7 Å². The number of benzene rings is 2. The molecular formula is C16H12FNO2S. The maximum atomic E-state index is 12.9. The van der Waals surface area contributed by atoms with Crippen molar-refractivity contribution >= 4 is 15.9 Å². The van der Waals surface area contributed by atoms with Gasteiger partial charge in [-0.05, 0) is 42.8 Å². The Balaban J connectivity index is 2.50. The Morgan fingerprint density at radius 3 is 2.43 bits per heavy atom. The van der Waals surface area contributed by atoms with Crippen LogP contribution in [0.15, 0.2) is 58.3 Å². The molecule has 2 aromatic carbocycles. The van der Waals surface area contributed by atoms with Gasteiger partial charge in [0.25, 0.3) is 0 Å². The van der Waals surface area contributed by atoms with E-state index in [4.69, 9.17) is 5.26 Å². The lowest BCUT2D eigenvalue weighted by molar-refractivity contribution is 0.601. The lowest BCUT2D eigenvalue weighted by atomic mass is 10.1. The van der Waals surface area contributed by atoms with Crippen LogP contribution in [0.5, 0.6) is 0 Å². The second-order valence-corrected chi connectivity index (χ2v) is 6.41. The third-order valence-corrected chi connectivity index (χ3v) is 4.54. The van der Waals surface area contributed by atoms with Crippen molar-refractivity contribution in [3.63, 3.8) is 0 Å². The van der Waals surface area contributed by atoms with E-state index in [1.165, 1.54) is 6.08 Å². The molecule has 0 radical (unpaired) electrons. The van der Waals surface area contributed by atoms with Crippen molar-refractivity contribution in [1.82, 2.24) is 0 Å². The van der Waals surface area contributed by atoms with Crippen molar-refractivity contribution < 1.29 is 12.8 Å². The molecule has 0 bridgehead atoms. The molecule has 0 aliphatic carbocycles. The van der Waals surface area contributed by atoms with Gasteiger partial charge in [-0.25, -0.2) is 12.8 Å². The molecule has 0 N–H and O–H groups in total. The second kappa shape index (κ2) is 5.90. The van der Waals surface area contributed by atoms with Crippen molar-refractivity contribution in [2.75, 3.05) is 0 Å². The number of allylic oxidation sites excluding steroid dienone is 1. The van der Waals surface area contributed by atoms with Gasteiger partial charge in [-0.1, -0.05) is 29.8 Å². The molecule has 3 nitrogen and oxygen atoms in total. The molecule has 0 saturated heterocycles. The van der Waals surface area contributed by atoms with Crippen LogP contribution in [-0.4, -0.2) is 8.42 Å². The summed E-state index contributed by atoms with van der Waals surface area (Å²) in [5.41, 5.74) is 1.58. The van der Waals surface area contributed by atoms with Gasteiger partial charge in [-0.15, -0.1) is 0 Å². The SMILES string of the molecule is Cc1cccc(C=C(C#N)S(=O)(=O)c2ccc(F)cc2)c1. The predicted octanol–water partition coefficient (Wildman–Crippen LogP) is 3.47. The third-order valence-electron chi connectivity index (χ3n) is 2.86. The Bertz CT molecular complexity index is 831. The van der Waals surface area contributed by atoms with Crippen molar-refractivity contribution in [2.24, 2.45) is 0 Å². The number of nitriles is 1. The predicted molar refractivity (Wildman–Crippen MR) is 78.4 cm³/mol. The fraction of sp³-hybridized carbons (Fsp3) is 0.0625. The molecule has 0 atom stereocenters. The molecule has 5 heteroatoms. The topological polar surface area (TPSA) is 57.9 Å². The smallest absolute Gasteiger partial charge is 0.216 e. The van der Waals surface area contributed by atoms with Crippen LogP contribution in [0.25, 0.3) is 6.08 Å². The molecule has 0 aliphatic heterocycles. The Morgan fingerprint density at radius 2 is 1.86 bits per heavy atom. The maximum Gasteiger partial charge on any atom is 0.216 e. The fourth-order valence-electron chi connectivity index (χ4n) is 1.82. The minimum absolute atomic E-state index is 0.107. The molecule has 0 saturated carbocycles. The average Bonchev–Trinajstić information content (AvgIpc) is 2.45. The Kier molecular flexibility index (Phi) is 4.20. The Hall–Kier alpha value is -2.45. The first-order valence-electron chi connectivity index (χ1n) is 6.12. The zero-order valence-electron chi connectivity index (χ0n) is 11.2. The van der Waals surface area contributed by atoms with Crippen molar-refractivity contribution in [3.8, 4) is 6.07 Å². The third kappa shape index (κ3) is 3.36.